The molecule has 38 heavy (non-hydrogen) atoms. The van der Waals surface area contributed by atoms with Gasteiger partial charge in [-0.1, -0.05) is 36.4 Å². The topological polar surface area (TPSA) is 9.23 Å². The molecule has 0 aliphatic rings. The van der Waals surface area contributed by atoms with Crippen molar-refractivity contribution in [2.24, 2.45) is 0 Å². The van der Waals surface area contributed by atoms with Gasteiger partial charge in [-0.05, 0) is 71.5 Å². The van der Waals surface area contributed by atoms with Crippen LogP contribution in [0.25, 0.3) is 22.3 Å². The highest BCUT2D eigenvalue weighted by molar-refractivity contribution is 5.66. The lowest BCUT2D eigenvalue weighted by Gasteiger charge is -2.21. The lowest BCUT2D eigenvalue weighted by Crippen LogP contribution is -2.26. The third kappa shape index (κ3) is 5.41. The van der Waals surface area contributed by atoms with Gasteiger partial charge in [-0.15, -0.1) is 6.58 Å². The third-order valence-electron chi connectivity index (χ3n) is 5.77. The van der Waals surface area contributed by atoms with E-state index in [1.807, 2.05) is 0 Å². The molecule has 0 fully saturated rings. The van der Waals surface area contributed by atoms with Gasteiger partial charge in [-0.3, -0.25) is 0 Å². The summed E-state index contributed by atoms with van der Waals surface area (Å²) in [5.74, 6) is -10.9. The van der Waals surface area contributed by atoms with E-state index in [0.717, 1.165) is 24.1 Å². The molecule has 9 heteroatoms. The molecule has 0 bridgehead atoms. The molecular weight excluding hydrogens is 516 g/mol. The quantitative estimate of drug-likeness (QED) is 0.162. The number of benzene rings is 4. The van der Waals surface area contributed by atoms with Crippen LogP contribution < -0.4 is 4.74 Å². The molecule has 0 aliphatic carbocycles. The van der Waals surface area contributed by atoms with Crippen molar-refractivity contribution in [2.45, 2.75) is 19.0 Å². The maximum absolute atomic E-state index is 14.8. The van der Waals surface area contributed by atoms with Crippen LogP contribution in [-0.4, -0.2) is 0 Å². The fourth-order valence-corrected chi connectivity index (χ4v) is 3.84. The van der Waals surface area contributed by atoms with E-state index >= 15 is 0 Å². The molecular formula is C29H18F8O. The van der Waals surface area contributed by atoms with Gasteiger partial charge in [0.15, 0.2) is 23.2 Å². The van der Waals surface area contributed by atoms with Crippen LogP contribution in [0.3, 0.4) is 0 Å². The van der Waals surface area contributed by atoms with Crippen molar-refractivity contribution in [3.63, 3.8) is 0 Å². The second-order valence-corrected chi connectivity index (χ2v) is 8.33. The predicted molar refractivity (Wildman–Crippen MR) is 127 cm³/mol. The molecule has 0 aliphatic heterocycles. The Morgan fingerprint density at radius 2 is 1.26 bits per heavy atom. The van der Waals surface area contributed by atoms with Crippen molar-refractivity contribution in [1.29, 1.82) is 0 Å². The van der Waals surface area contributed by atoms with E-state index in [1.165, 1.54) is 0 Å². The Balaban J connectivity index is 1.62. The van der Waals surface area contributed by atoms with E-state index in [-0.39, 0.29) is 11.1 Å². The minimum atomic E-state index is -4.74. The summed E-state index contributed by atoms with van der Waals surface area (Å²) in [6.45, 7) is 3.63. The molecule has 0 unspecified atom stereocenters. The van der Waals surface area contributed by atoms with Crippen LogP contribution >= 0.6 is 0 Å². The molecule has 0 saturated heterocycles. The Morgan fingerprint density at radius 3 is 1.87 bits per heavy atom. The van der Waals surface area contributed by atoms with E-state index in [9.17, 15) is 35.1 Å². The number of ether oxygens (including phenoxy) is 1. The first-order chi connectivity index (χ1) is 18.0. The summed E-state index contributed by atoms with van der Waals surface area (Å²) in [7, 11) is 0. The third-order valence-corrected chi connectivity index (χ3v) is 5.77. The Hall–Kier alpha value is -4.14. The van der Waals surface area contributed by atoms with Gasteiger partial charge in [0.25, 0.3) is 0 Å². The van der Waals surface area contributed by atoms with E-state index < -0.39 is 57.9 Å². The number of alkyl halides is 2. The van der Waals surface area contributed by atoms with E-state index in [4.69, 9.17) is 0 Å². The van der Waals surface area contributed by atoms with Crippen LogP contribution in [0.2, 0.25) is 0 Å². The number of hydrogen-bond acceptors (Lipinski definition) is 1. The fourth-order valence-electron chi connectivity index (χ4n) is 3.84. The maximum Gasteiger partial charge on any atom is 0.432 e. The van der Waals surface area contributed by atoms with Gasteiger partial charge >= 0.3 is 6.11 Å². The van der Waals surface area contributed by atoms with Crippen LogP contribution in [0.1, 0.15) is 17.5 Å². The standard InChI is InChI=1S/C29H18F8O/c1-2-3-4-16-5-7-17(8-6-16)19-14-23(32)26(24(33)15-19)29(36,37)38-25-12-10-20(27(34)28(25)35)18-9-11-21(30)22(31)13-18/h2,5-15H,1,3-4H2. The molecule has 0 radical (unpaired) electrons. The average molecular weight is 534 g/mol. The first-order valence-corrected chi connectivity index (χ1v) is 11.2. The van der Waals surface area contributed by atoms with E-state index in [1.54, 1.807) is 30.3 Å². The second kappa shape index (κ2) is 10.7. The molecule has 0 aromatic heterocycles. The van der Waals surface area contributed by atoms with E-state index in [2.05, 4.69) is 11.3 Å². The number of allylic oxidation sites excluding steroid dienone is 1. The normalized spacial score (nSPS) is 11.5. The molecule has 4 aromatic carbocycles. The summed E-state index contributed by atoms with van der Waals surface area (Å²) in [5.41, 5.74) is -1.37. The summed E-state index contributed by atoms with van der Waals surface area (Å²) in [6.07, 6.45) is -1.57. The molecule has 1 nitrogen and oxygen atoms in total. The maximum atomic E-state index is 14.8. The summed E-state index contributed by atoms with van der Waals surface area (Å²) < 4.78 is 119. The van der Waals surface area contributed by atoms with Gasteiger partial charge < -0.3 is 4.74 Å². The molecule has 0 saturated carbocycles. The molecule has 4 aromatic rings. The highest BCUT2D eigenvalue weighted by Gasteiger charge is 2.42. The highest BCUT2D eigenvalue weighted by Crippen LogP contribution is 2.39. The van der Waals surface area contributed by atoms with Gasteiger partial charge in [-0.2, -0.15) is 13.2 Å². The predicted octanol–water partition coefficient (Wildman–Crippen LogP) is 9.10. The summed E-state index contributed by atoms with van der Waals surface area (Å²) in [5, 5.41) is 0. The van der Waals surface area contributed by atoms with Gasteiger partial charge in [-0.25, -0.2) is 22.0 Å². The number of rotatable bonds is 8. The Labute approximate surface area is 212 Å². The largest absolute Gasteiger partial charge is 0.432 e. The lowest BCUT2D eigenvalue weighted by molar-refractivity contribution is -0.191. The molecule has 0 heterocycles. The van der Waals surface area contributed by atoms with Crippen LogP contribution in [0, 0.1) is 34.9 Å². The first-order valence-electron chi connectivity index (χ1n) is 11.2. The summed E-state index contributed by atoms with van der Waals surface area (Å²) in [4.78, 5) is 0. The average Bonchev–Trinajstić information content (AvgIpc) is 2.87. The number of hydrogen-bond donors (Lipinski definition) is 0. The molecule has 0 N–H and O–H groups in total. The van der Waals surface area contributed by atoms with Gasteiger partial charge in [0.1, 0.15) is 17.2 Å². The van der Waals surface area contributed by atoms with Crippen LogP contribution in [-0.2, 0) is 12.5 Å². The van der Waals surface area contributed by atoms with Crippen LogP contribution in [0.4, 0.5) is 35.1 Å². The molecule has 0 atom stereocenters. The van der Waals surface area contributed by atoms with Crippen LogP contribution in [0.15, 0.2) is 79.4 Å². The van der Waals surface area contributed by atoms with Crippen LogP contribution in [0.5, 0.6) is 5.75 Å². The molecule has 0 amide bonds. The van der Waals surface area contributed by atoms with Crippen molar-refractivity contribution in [3.8, 4) is 28.0 Å². The second-order valence-electron chi connectivity index (χ2n) is 8.33. The molecule has 4 rings (SSSR count). The first kappa shape index (κ1) is 26.9. The van der Waals surface area contributed by atoms with Crippen molar-refractivity contribution >= 4 is 0 Å². The number of aryl methyl sites for hydroxylation is 1. The summed E-state index contributed by atoms with van der Waals surface area (Å²) in [6, 6.07) is 11.5. The fraction of sp³-hybridized carbons (Fsp3) is 0.103. The van der Waals surface area contributed by atoms with Gasteiger partial charge in [0, 0.05) is 5.56 Å². The Morgan fingerprint density at radius 1 is 0.658 bits per heavy atom. The zero-order valence-electron chi connectivity index (χ0n) is 19.5. The molecule has 0 spiro atoms. The smallest absolute Gasteiger partial charge is 0.425 e. The summed E-state index contributed by atoms with van der Waals surface area (Å²) >= 11 is 0. The van der Waals surface area contributed by atoms with Gasteiger partial charge in [0.2, 0.25) is 5.82 Å². The van der Waals surface area contributed by atoms with E-state index in [0.29, 0.717) is 42.3 Å². The van der Waals surface area contributed by atoms with Gasteiger partial charge in [0.05, 0.1) is 0 Å². The van der Waals surface area contributed by atoms with Crippen molar-refractivity contribution in [2.75, 3.05) is 0 Å². The molecule has 196 valence electrons. The lowest BCUT2D eigenvalue weighted by atomic mass is 10.00. The van der Waals surface area contributed by atoms with Crippen molar-refractivity contribution < 1.29 is 39.9 Å². The van der Waals surface area contributed by atoms with Crippen molar-refractivity contribution in [3.05, 3.63) is 125 Å². The zero-order valence-corrected chi connectivity index (χ0v) is 19.5. The highest BCUT2D eigenvalue weighted by atomic mass is 19.3. The number of halogens is 8. The Kier molecular flexibility index (Phi) is 7.57. The zero-order chi connectivity index (χ0) is 27.6. The SMILES string of the molecule is C=CCCc1ccc(-c2cc(F)c(C(F)(F)Oc3ccc(-c4ccc(F)c(F)c4)c(F)c3F)c(F)c2)cc1. The van der Waals surface area contributed by atoms with Crippen molar-refractivity contribution in [1.82, 2.24) is 0 Å². The monoisotopic (exact) mass is 534 g/mol. The minimum absolute atomic E-state index is 0.0251. The Bertz CT molecular complexity index is 1470. The minimum Gasteiger partial charge on any atom is -0.425 e.